The van der Waals surface area contributed by atoms with E-state index in [0.717, 1.165) is 6.42 Å². The number of carbonyl (C=O) groups excluding carboxylic acids is 2. The Balaban J connectivity index is 1.99. The van der Waals surface area contributed by atoms with E-state index in [1.807, 2.05) is 20.8 Å². The van der Waals surface area contributed by atoms with Gasteiger partial charge in [-0.25, -0.2) is 4.99 Å². The molecule has 1 heterocycles. The molecule has 1 atom stereocenters. The van der Waals surface area contributed by atoms with Crippen LogP contribution in [0.3, 0.4) is 0 Å². The molecule has 0 radical (unpaired) electrons. The molecule has 1 N–H and O–H groups in total. The Morgan fingerprint density at radius 2 is 2.00 bits per heavy atom. The van der Waals surface area contributed by atoms with Gasteiger partial charge in [0.05, 0.1) is 12.1 Å². The van der Waals surface area contributed by atoms with E-state index in [1.54, 1.807) is 35.9 Å². The highest BCUT2D eigenvalue weighted by Crippen LogP contribution is 2.46. The molecular weight excluding hydrogens is 354 g/mol. The van der Waals surface area contributed by atoms with Crippen molar-refractivity contribution in [1.29, 1.82) is 5.26 Å². The summed E-state index contributed by atoms with van der Waals surface area (Å²) in [6.07, 6.45) is 5.49. The smallest absolute Gasteiger partial charge is 0.249 e. The SMILES string of the molecule is C=N/C(=C\C=C(/C)C(=O)N1CC[C@H](N(C)C(=O)C2(C#N)CC2)C1)NC(C)(C)C. The minimum absolute atomic E-state index is 0.0430. The van der Waals surface area contributed by atoms with Crippen molar-refractivity contribution in [1.82, 2.24) is 15.1 Å². The lowest BCUT2D eigenvalue weighted by atomic mass is 10.1. The van der Waals surface area contributed by atoms with Crippen LogP contribution in [0.1, 0.15) is 47.0 Å². The van der Waals surface area contributed by atoms with Gasteiger partial charge in [-0.3, -0.25) is 9.59 Å². The van der Waals surface area contributed by atoms with Crippen LogP contribution in [0.4, 0.5) is 0 Å². The maximum atomic E-state index is 12.7. The van der Waals surface area contributed by atoms with Gasteiger partial charge in [0.2, 0.25) is 11.8 Å². The van der Waals surface area contributed by atoms with E-state index in [2.05, 4.69) is 23.1 Å². The molecule has 2 rings (SSSR count). The predicted molar refractivity (Wildman–Crippen MR) is 109 cm³/mol. The van der Waals surface area contributed by atoms with Gasteiger partial charge in [0.25, 0.3) is 0 Å². The molecule has 1 saturated heterocycles. The number of amides is 2. The van der Waals surface area contributed by atoms with Crippen LogP contribution in [0.5, 0.6) is 0 Å². The fourth-order valence-electron chi connectivity index (χ4n) is 3.29. The highest BCUT2D eigenvalue weighted by molar-refractivity contribution is 5.93. The zero-order valence-corrected chi connectivity index (χ0v) is 17.6. The van der Waals surface area contributed by atoms with Gasteiger partial charge in [-0.05, 0) is 59.8 Å². The number of hydrogen-bond donors (Lipinski definition) is 1. The van der Waals surface area contributed by atoms with Crippen LogP contribution in [-0.2, 0) is 9.59 Å². The van der Waals surface area contributed by atoms with Gasteiger partial charge in [0.15, 0.2) is 0 Å². The maximum absolute atomic E-state index is 12.7. The second-order valence-electron chi connectivity index (χ2n) is 8.74. The highest BCUT2D eigenvalue weighted by Gasteiger charge is 2.53. The Hall–Kier alpha value is -2.62. The van der Waals surface area contributed by atoms with Crippen molar-refractivity contribution in [3.8, 4) is 6.07 Å². The van der Waals surface area contributed by atoms with Crippen LogP contribution in [-0.4, -0.2) is 60.0 Å². The Kier molecular flexibility index (Phi) is 6.33. The molecule has 0 aromatic carbocycles. The summed E-state index contributed by atoms with van der Waals surface area (Å²) >= 11 is 0. The van der Waals surface area contributed by atoms with Crippen molar-refractivity contribution >= 4 is 18.5 Å². The van der Waals surface area contributed by atoms with Crippen LogP contribution in [0.25, 0.3) is 0 Å². The maximum Gasteiger partial charge on any atom is 0.249 e. The molecule has 0 aromatic rings. The van der Waals surface area contributed by atoms with Crippen molar-refractivity contribution in [2.45, 2.75) is 58.5 Å². The molecule has 2 aliphatic rings. The normalized spacial score (nSPS) is 21.7. The first-order chi connectivity index (χ1) is 13.0. The third-order valence-corrected chi connectivity index (χ3v) is 5.19. The van der Waals surface area contributed by atoms with E-state index in [0.29, 0.717) is 37.3 Å². The average Bonchev–Trinajstić information content (AvgIpc) is 3.30. The first-order valence-electron chi connectivity index (χ1n) is 9.64. The summed E-state index contributed by atoms with van der Waals surface area (Å²) in [6, 6.07) is 2.11. The Morgan fingerprint density at radius 3 is 2.50 bits per heavy atom. The number of likely N-dealkylation sites (N-methyl/N-ethyl adjacent to an activating group) is 1. The summed E-state index contributed by atoms with van der Waals surface area (Å²) in [5, 5.41) is 12.5. The van der Waals surface area contributed by atoms with Gasteiger partial charge >= 0.3 is 0 Å². The quantitative estimate of drug-likeness (QED) is 0.431. The molecule has 0 bridgehead atoms. The Bertz CT molecular complexity index is 750. The first-order valence-corrected chi connectivity index (χ1v) is 9.64. The van der Waals surface area contributed by atoms with Crippen LogP contribution in [0, 0.1) is 16.7 Å². The Labute approximate surface area is 167 Å². The van der Waals surface area contributed by atoms with Gasteiger partial charge in [-0.1, -0.05) is 6.08 Å². The monoisotopic (exact) mass is 385 g/mol. The number of aliphatic imine (C=N–C) groups is 1. The molecule has 0 aromatic heterocycles. The summed E-state index contributed by atoms with van der Waals surface area (Å²) in [6.45, 7) is 12.5. The van der Waals surface area contributed by atoms with E-state index in [4.69, 9.17) is 0 Å². The highest BCUT2D eigenvalue weighted by atomic mass is 16.2. The van der Waals surface area contributed by atoms with Crippen LogP contribution < -0.4 is 5.32 Å². The second kappa shape index (κ2) is 8.17. The number of allylic oxidation sites excluding steroid dienone is 2. The van der Waals surface area contributed by atoms with Crippen molar-refractivity contribution in [3.63, 3.8) is 0 Å². The minimum Gasteiger partial charge on any atom is -0.366 e. The third-order valence-electron chi connectivity index (χ3n) is 5.19. The zero-order valence-electron chi connectivity index (χ0n) is 17.6. The fourth-order valence-corrected chi connectivity index (χ4v) is 3.29. The second-order valence-corrected chi connectivity index (χ2v) is 8.74. The third kappa shape index (κ3) is 5.00. The standard InChI is InChI=1S/C21H31N5O2/c1-15(7-8-17(23-5)24-20(2,3)4)18(27)26-12-9-16(13-26)25(6)19(28)21(14-22)10-11-21/h7-8,16,24H,5,9-13H2,1-4,6H3/b15-7+,17-8+/t16-/m0/s1. The molecule has 0 unspecified atom stereocenters. The number of nitriles is 1. The average molecular weight is 386 g/mol. The number of hydrogen-bond acceptors (Lipinski definition) is 5. The molecular formula is C21H31N5O2. The fraction of sp³-hybridized carbons (Fsp3) is 0.619. The Morgan fingerprint density at radius 1 is 1.36 bits per heavy atom. The lowest BCUT2D eigenvalue weighted by Crippen LogP contribution is -2.43. The predicted octanol–water partition coefficient (Wildman–Crippen LogP) is 2.23. The molecule has 1 aliphatic heterocycles. The zero-order chi connectivity index (χ0) is 21.1. The van der Waals surface area contributed by atoms with E-state index in [1.165, 1.54) is 0 Å². The lowest BCUT2D eigenvalue weighted by Gasteiger charge is -2.26. The van der Waals surface area contributed by atoms with E-state index in [9.17, 15) is 14.9 Å². The molecule has 1 saturated carbocycles. The van der Waals surface area contributed by atoms with Crippen molar-refractivity contribution in [2.24, 2.45) is 10.4 Å². The number of nitrogens with zero attached hydrogens (tertiary/aromatic N) is 4. The summed E-state index contributed by atoms with van der Waals surface area (Å²) < 4.78 is 0. The molecule has 2 fully saturated rings. The summed E-state index contributed by atoms with van der Waals surface area (Å²) in [5.41, 5.74) is -0.372. The number of likely N-dealkylation sites (tertiary alicyclic amines) is 1. The van der Waals surface area contributed by atoms with Crippen LogP contribution in [0.2, 0.25) is 0 Å². The van der Waals surface area contributed by atoms with E-state index >= 15 is 0 Å². The number of carbonyl (C=O) groups is 2. The van der Waals surface area contributed by atoms with Gasteiger partial charge in [0, 0.05) is 31.2 Å². The van der Waals surface area contributed by atoms with Crippen molar-refractivity contribution in [3.05, 3.63) is 23.5 Å². The summed E-state index contributed by atoms with van der Waals surface area (Å²) in [5.74, 6) is 0.440. The van der Waals surface area contributed by atoms with Gasteiger partial charge in [-0.15, -0.1) is 0 Å². The van der Waals surface area contributed by atoms with Crippen LogP contribution >= 0.6 is 0 Å². The molecule has 1 aliphatic carbocycles. The lowest BCUT2D eigenvalue weighted by molar-refractivity contribution is -0.136. The molecule has 7 heteroatoms. The number of rotatable bonds is 6. The summed E-state index contributed by atoms with van der Waals surface area (Å²) in [4.78, 5) is 32.7. The van der Waals surface area contributed by atoms with Crippen molar-refractivity contribution in [2.75, 3.05) is 20.1 Å². The van der Waals surface area contributed by atoms with E-state index in [-0.39, 0.29) is 23.4 Å². The summed E-state index contributed by atoms with van der Waals surface area (Å²) in [7, 11) is 1.74. The molecule has 7 nitrogen and oxygen atoms in total. The van der Waals surface area contributed by atoms with Gasteiger partial charge in [0.1, 0.15) is 11.2 Å². The molecule has 28 heavy (non-hydrogen) atoms. The van der Waals surface area contributed by atoms with Gasteiger partial charge in [-0.2, -0.15) is 5.26 Å². The van der Waals surface area contributed by atoms with Crippen LogP contribution in [0.15, 0.2) is 28.5 Å². The molecule has 2 amide bonds. The first kappa shape index (κ1) is 21.7. The number of nitrogens with one attached hydrogen (secondary N) is 1. The topological polar surface area (TPSA) is 88.8 Å². The van der Waals surface area contributed by atoms with Crippen molar-refractivity contribution < 1.29 is 9.59 Å². The minimum atomic E-state index is -0.819. The molecule has 152 valence electrons. The van der Waals surface area contributed by atoms with Gasteiger partial charge < -0.3 is 15.1 Å². The largest absolute Gasteiger partial charge is 0.366 e. The molecule has 0 spiro atoms. The van der Waals surface area contributed by atoms with E-state index < -0.39 is 5.41 Å².